The number of nitrogens with zero attached hydrogens (tertiary/aromatic N) is 4. The van der Waals surface area contributed by atoms with Gasteiger partial charge in [0.05, 0.1) is 11.3 Å². The summed E-state index contributed by atoms with van der Waals surface area (Å²) in [7, 11) is 0. The lowest BCUT2D eigenvalue weighted by molar-refractivity contribution is -0.136. The Hall–Kier alpha value is -2.42. The number of hydrogen-bond donors (Lipinski definition) is 0. The molecule has 7 nitrogen and oxygen atoms in total. The second kappa shape index (κ2) is 7.64. The van der Waals surface area contributed by atoms with E-state index in [2.05, 4.69) is 10.2 Å². The van der Waals surface area contributed by atoms with Gasteiger partial charge < -0.3 is 14.2 Å². The van der Waals surface area contributed by atoms with Crippen LogP contribution in [0.1, 0.15) is 6.92 Å². The van der Waals surface area contributed by atoms with Crippen molar-refractivity contribution < 1.29 is 18.4 Å². The summed E-state index contributed by atoms with van der Waals surface area (Å²) in [5.41, 5.74) is 0.230. The summed E-state index contributed by atoms with van der Waals surface area (Å²) >= 11 is 1.12. The molecule has 1 aliphatic rings. The lowest BCUT2D eigenvalue weighted by Gasteiger charge is -2.34. The number of carbonyl (C=O) groups is 2. The highest BCUT2D eigenvalue weighted by Gasteiger charge is 2.23. The van der Waals surface area contributed by atoms with Crippen LogP contribution in [0.25, 0.3) is 11.5 Å². The van der Waals surface area contributed by atoms with Gasteiger partial charge in [-0.3, -0.25) is 9.59 Å². The Morgan fingerprint density at radius 3 is 2.52 bits per heavy atom. The molecule has 0 atom stereocenters. The molecule has 0 saturated carbocycles. The minimum atomic E-state index is -0.442. The molecule has 1 aromatic heterocycles. The van der Waals surface area contributed by atoms with Gasteiger partial charge in [-0.2, -0.15) is 0 Å². The van der Waals surface area contributed by atoms with Gasteiger partial charge in [-0.05, 0) is 12.1 Å². The predicted octanol–water partition coefficient (Wildman–Crippen LogP) is 1.66. The molecule has 0 unspecified atom stereocenters. The van der Waals surface area contributed by atoms with E-state index >= 15 is 0 Å². The number of rotatable bonds is 4. The van der Waals surface area contributed by atoms with Gasteiger partial charge in [-0.25, -0.2) is 4.39 Å². The summed E-state index contributed by atoms with van der Waals surface area (Å²) in [6, 6.07) is 6.13. The summed E-state index contributed by atoms with van der Waals surface area (Å²) in [6.45, 7) is 3.65. The first-order valence-corrected chi connectivity index (χ1v) is 8.77. The third-order valence-corrected chi connectivity index (χ3v) is 4.71. The van der Waals surface area contributed by atoms with Crippen molar-refractivity contribution in [3.8, 4) is 11.5 Å². The monoisotopic (exact) mass is 364 g/mol. The largest absolute Gasteiger partial charge is 0.411 e. The minimum Gasteiger partial charge on any atom is -0.411 e. The molecule has 1 aromatic carbocycles. The molecular formula is C16H17FN4O3S. The van der Waals surface area contributed by atoms with Crippen molar-refractivity contribution in [2.24, 2.45) is 0 Å². The van der Waals surface area contributed by atoms with E-state index in [9.17, 15) is 14.0 Å². The molecule has 0 spiro atoms. The second-order valence-corrected chi connectivity index (χ2v) is 6.46. The van der Waals surface area contributed by atoms with Gasteiger partial charge in [0.25, 0.3) is 11.1 Å². The summed E-state index contributed by atoms with van der Waals surface area (Å²) in [6.07, 6.45) is 0. The minimum absolute atomic E-state index is 0.0213. The van der Waals surface area contributed by atoms with E-state index in [4.69, 9.17) is 4.42 Å². The van der Waals surface area contributed by atoms with E-state index in [1.807, 2.05) is 0 Å². The zero-order valence-electron chi connectivity index (χ0n) is 13.6. The number of piperazine rings is 1. The van der Waals surface area contributed by atoms with Crippen LogP contribution in [0.2, 0.25) is 0 Å². The molecule has 132 valence electrons. The number of carbonyl (C=O) groups excluding carboxylic acids is 2. The topological polar surface area (TPSA) is 79.5 Å². The van der Waals surface area contributed by atoms with Crippen LogP contribution in [0, 0.1) is 5.82 Å². The van der Waals surface area contributed by atoms with Crippen LogP contribution in [0.5, 0.6) is 0 Å². The first-order valence-electron chi connectivity index (χ1n) is 7.79. The molecule has 0 aliphatic carbocycles. The fourth-order valence-electron chi connectivity index (χ4n) is 2.50. The smallest absolute Gasteiger partial charge is 0.277 e. The Morgan fingerprint density at radius 2 is 1.84 bits per heavy atom. The Labute approximate surface area is 148 Å². The van der Waals surface area contributed by atoms with Crippen LogP contribution in [-0.2, 0) is 9.59 Å². The highest BCUT2D eigenvalue weighted by atomic mass is 32.2. The molecule has 2 amide bonds. The lowest BCUT2D eigenvalue weighted by atomic mass is 10.2. The van der Waals surface area contributed by atoms with Crippen LogP contribution in [-0.4, -0.2) is 63.7 Å². The van der Waals surface area contributed by atoms with E-state index in [1.165, 1.54) is 13.0 Å². The molecular weight excluding hydrogens is 347 g/mol. The van der Waals surface area contributed by atoms with Crippen molar-refractivity contribution >= 4 is 23.6 Å². The first-order chi connectivity index (χ1) is 12.0. The molecule has 0 N–H and O–H groups in total. The van der Waals surface area contributed by atoms with Crippen molar-refractivity contribution in [3.05, 3.63) is 30.1 Å². The molecule has 0 radical (unpaired) electrons. The quantitative estimate of drug-likeness (QED) is 0.768. The number of thioether (sulfide) groups is 1. The number of benzene rings is 1. The van der Waals surface area contributed by atoms with E-state index in [0.717, 1.165) is 11.8 Å². The van der Waals surface area contributed by atoms with Crippen molar-refractivity contribution in [2.75, 3.05) is 31.9 Å². The number of hydrogen-bond acceptors (Lipinski definition) is 6. The average Bonchev–Trinajstić information content (AvgIpc) is 3.09. The third kappa shape index (κ3) is 4.16. The number of amides is 2. The second-order valence-electron chi connectivity index (χ2n) is 5.53. The Kier molecular flexibility index (Phi) is 5.32. The van der Waals surface area contributed by atoms with Crippen LogP contribution >= 0.6 is 11.8 Å². The van der Waals surface area contributed by atoms with E-state index in [1.54, 1.807) is 28.0 Å². The molecule has 1 aliphatic heterocycles. The number of aromatic nitrogens is 2. The Morgan fingerprint density at radius 1 is 1.16 bits per heavy atom. The lowest BCUT2D eigenvalue weighted by Crippen LogP contribution is -2.50. The van der Waals surface area contributed by atoms with E-state index < -0.39 is 5.82 Å². The predicted molar refractivity (Wildman–Crippen MR) is 89.3 cm³/mol. The van der Waals surface area contributed by atoms with Crippen LogP contribution in [0.4, 0.5) is 4.39 Å². The van der Waals surface area contributed by atoms with Crippen molar-refractivity contribution in [1.29, 1.82) is 0 Å². The van der Waals surface area contributed by atoms with Crippen LogP contribution in [0.3, 0.4) is 0 Å². The standard InChI is InChI=1S/C16H17FN4O3S/c1-11(22)20-6-8-21(9-7-20)14(23)10-25-16-19-18-15(24-16)12-4-2-3-5-13(12)17/h2-5H,6-10H2,1H3. The summed E-state index contributed by atoms with van der Waals surface area (Å²) in [5.74, 6) is -0.240. The zero-order chi connectivity index (χ0) is 17.8. The van der Waals surface area contributed by atoms with Crippen molar-refractivity contribution in [1.82, 2.24) is 20.0 Å². The molecule has 25 heavy (non-hydrogen) atoms. The van der Waals surface area contributed by atoms with Gasteiger partial charge in [-0.1, -0.05) is 23.9 Å². The van der Waals surface area contributed by atoms with Gasteiger partial charge in [0, 0.05) is 33.1 Å². The normalized spacial score (nSPS) is 14.6. The highest BCUT2D eigenvalue weighted by Crippen LogP contribution is 2.25. The van der Waals surface area contributed by atoms with E-state index in [0.29, 0.717) is 26.2 Å². The third-order valence-electron chi connectivity index (χ3n) is 3.91. The highest BCUT2D eigenvalue weighted by molar-refractivity contribution is 7.99. The van der Waals surface area contributed by atoms with Gasteiger partial charge in [-0.15, -0.1) is 10.2 Å². The molecule has 1 fully saturated rings. The molecule has 3 rings (SSSR count). The SMILES string of the molecule is CC(=O)N1CCN(C(=O)CSc2nnc(-c3ccccc3F)o2)CC1. The molecule has 1 saturated heterocycles. The fourth-order valence-corrected chi connectivity index (χ4v) is 3.16. The zero-order valence-corrected chi connectivity index (χ0v) is 14.5. The first kappa shape index (κ1) is 17.4. The van der Waals surface area contributed by atoms with E-state index in [-0.39, 0.29) is 34.2 Å². The summed E-state index contributed by atoms with van der Waals surface area (Å²) in [4.78, 5) is 27.0. The summed E-state index contributed by atoms with van der Waals surface area (Å²) < 4.78 is 19.1. The number of halogens is 1. The molecule has 2 aromatic rings. The summed E-state index contributed by atoms with van der Waals surface area (Å²) in [5, 5.41) is 7.88. The van der Waals surface area contributed by atoms with Gasteiger partial charge in [0.2, 0.25) is 11.8 Å². The molecule has 2 heterocycles. The average molecular weight is 364 g/mol. The maximum atomic E-state index is 13.7. The maximum Gasteiger partial charge on any atom is 0.277 e. The van der Waals surface area contributed by atoms with Crippen LogP contribution < -0.4 is 0 Å². The van der Waals surface area contributed by atoms with Crippen molar-refractivity contribution in [3.63, 3.8) is 0 Å². The van der Waals surface area contributed by atoms with Crippen molar-refractivity contribution in [2.45, 2.75) is 12.1 Å². The Bertz CT molecular complexity index is 774. The van der Waals surface area contributed by atoms with Gasteiger partial charge in [0.1, 0.15) is 5.82 Å². The van der Waals surface area contributed by atoms with Gasteiger partial charge in [0.15, 0.2) is 0 Å². The van der Waals surface area contributed by atoms with Gasteiger partial charge >= 0.3 is 0 Å². The molecule has 0 bridgehead atoms. The Balaban J connectivity index is 1.53. The fraction of sp³-hybridized carbons (Fsp3) is 0.375. The van der Waals surface area contributed by atoms with Crippen LogP contribution in [0.15, 0.2) is 33.9 Å². The maximum absolute atomic E-state index is 13.7. The molecule has 9 heteroatoms.